The summed E-state index contributed by atoms with van der Waals surface area (Å²) >= 11 is 0. The fourth-order valence-electron chi connectivity index (χ4n) is 10.7. The van der Waals surface area contributed by atoms with Crippen LogP contribution in [0.3, 0.4) is 0 Å². The van der Waals surface area contributed by atoms with Crippen LogP contribution in [-0.4, -0.2) is 96.7 Å². The summed E-state index contributed by atoms with van der Waals surface area (Å²) in [7, 11) is -9.90. The maximum Gasteiger partial charge on any atom is 0.472 e. The second kappa shape index (κ2) is 61.9. The fourth-order valence-corrected chi connectivity index (χ4v) is 12.2. The molecule has 0 aliphatic carbocycles. The van der Waals surface area contributed by atoms with Gasteiger partial charge in [0.05, 0.1) is 26.4 Å². The fraction of sp³-hybridized carbons (Fsp3) is 0.944. The van der Waals surface area contributed by atoms with Gasteiger partial charge in [-0.15, -0.1) is 0 Å². The van der Waals surface area contributed by atoms with Crippen LogP contribution in [-0.2, 0) is 65.4 Å². The summed E-state index contributed by atoms with van der Waals surface area (Å²) in [6.45, 7) is 11.8. The summed E-state index contributed by atoms with van der Waals surface area (Å²) in [5, 5.41) is 10.6. The molecule has 0 fully saturated rings. The molecule has 0 rings (SSSR count). The van der Waals surface area contributed by atoms with Gasteiger partial charge in [-0.1, -0.05) is 305 Å². The van der Waals surface area contributed by atoms with Crippen molar-refractivity contribution in [1.29, 1.82) is 0 Å². The number of esters is 4. The summed E-state index contributed by atoms with van der Waals surface area (Å²) in [6.07, 6.45) is 45.9. The number of aliphatic hydroxyl groups excluding tert-OH is 1. The zero-order chi connectivity index (χ0) is 66.6. The number of hydrogen-bond donors (Lipinski definition) is 3. The number of unbranched alkanes of at least 4 members (excludes halogenated alkanes) is 35. The van der Waals surface area contributed by atoms with Crippen molar-refractivity contribution in [2.75, 3.05) is 39.6 Å². The highest BCUT2D eigenvalue weighted by Gasteiger charge is 2.30. The molecule has 0 aliphatic rings. The molecule has 3 N–H and O–H groups in total. The minimum absolute atomic E-state index is 0.102. The average molecular weight is 1330 g/mol. The van der Waals surface area contributed by atoms with E-state index in [4.69, 9.17) is 37.0 Å². The van der Waals surface area contributed by atoms with E-state index in [2.05, 4.69) is 48.5 Å². The van der Waals surface area contributed by atoms with Gasteiger partial charge in [0.25, 0.3) is 0 Å². The Hall–Kier alpha value is -1.94. The van der Waals surface area contributed by atoms with Crippen LogP contribution in [0.1, 0.15) is 357 Å². The molecule has 17 nitrogen and oxygen atoms in total. The summed E-state index contributed by atoms with van der Waals surface area (Å²) in [4.78, 5) is 72.6. The lowest BCUT2D eigenvalue weighted by Gasteiger charge is -2.21. The van der Waals surface area contributed by atoms with Gasteiger partial charge in [-0.2, -0.15) is 0 Å². The van der Waals surface area contributed by atoms with Crippen LogP contribution in [0.2, 0.25) is 0 Å². The molecule has 0 saturated heterocycles. The first-order valence-corrected chi connectivity index (χ1v) is 39.9. The first kappa shape index (κ1) is 88.1. The van der Waals surface area contributed by atoms with E-state index >= 15 is 0 Å². The highest BCUT2D eigenvalue weighted by Crippen LogP contribution is 2.45. The average Bonchev–Trinajstić information content (AvgIpc) is 3.24. The number of phosphoric acid groups is 2. The predicted octanol–water partition coefficient (Wildman–Crippen LogP) is 20.2. The lowest BCUT2D eigenvalue weighted by atomic mass is 10.00. The van der Waals surface area contributed by atoms with E-state index in [1.54, 1.807) is 0 Å². The van der Waals surface area contributed by atoms with E-state index in [0.717, 1.165) is 114 Å². The van der Waals surface area contributed by atoms with E-state index in [0.29, 0.717) is 25.7 Å². The molecule has 534 valence electrons. The Bertz CT molecular complexity index is 1770. The molecule has 0 bridgehead atoms. The number of aliphatic hydroxyl groups is 1. The smallest absolute Gasteiger partial charge is 0.462 e. The Morgan fingerprint density at radius 3 is 0.844 bits per heavy atom. The van der Waals surface area contributed by atoms with Crippen LogP contribution in [0.5, 0.6) is 0 Å². The molecular weight excluding hydrogens is 1190 g/mol. The van der Waals surface area contributed by atoms with Gasteiger partial charge in [0.2, 0.25) is 0 Å². The van der Waals surface area contributed by atoms with Gasteiger partial charge in [0.15, 0.2) is 12.2 Å². The lowest BCUT2D eigenvalue weighted by Crippen LogP contribution is -2.30. The van der Waals surface area contributed by atoms with E-state index in [-0.39, 0.29) is 25.7 Å². The molecule has 0 radical (unpaired) electrons. The molecule has 7 atom stereocenters. The third-order valence-electron chi connectivity index (χ3n) is 17.1. The second-order valence-electron chi connectivity index (χ2n) is 26.6. The van der Waals surface area contributed by atoms with Gasteiger partial charge in [0.1, 0.15) is 19.3 Å². The third kappa shape index (κ3) is 62.2. The van der Waals surface area contributed by atoms with E-state index < -0.39 is 97.5 Å². The molecule has 0 heterocycles. The van der Waals surface area contributed by atoms with Gasteiger partial charge < -0.3 is 33.8 Å². The topological polar surface area (TPSA) is 237 Å². The molecule has 0 amide bonds. The van der Waals surface area contributed by atoms with Crippen molar-refractivity contribution in [3.05, 3.63) is 0 Å². The number of carbonyl (C=O) groups excluding carboxylic acids is 4. The third-order valence-corrected chi connectivity index (χ3v) is 19.0. The Balaban J connectivity index is 5.25. The Labute approximate surface area is 549 Å². The van der Waals surface area contributed by atoms with Crippen LogP contribution in [0, 0.1) is 17.8 Å². The summed E-state index contributed by atoms with van der Waals surface area (Å²) < 4.78 is 68.3. The van der Waals surface area contributed by atoms with Gasteiger partial charge in [0, 0.05) is 25.7 Å². The number of hydrogen-bond acceptors (Lipinski definition) is 15. The molecule has 0 aromatic carbocycles. The highest BCUT2D eigenvalue weighted by molar-refractivity contribution is 7.47. The molecule has 4 unspecified atom stereocenters. The first-order chi connectivity index (χ1) is 43.3. The minimum Gasteiger partial charge on any atom is -0.462 e. The van der Waals surface area contributed by atoms with Crippen molar-refractivity contribution < 1.29 is 80.2 Å². The molecule has 0 aromatic rings. The summed E-state index contributed by atoms with van der Waals surface area (Å²) in [5.41, 5.74) is 0. The monoisotopic (exact) mass is 1320 g/mol. The van der Waals surface area contributed by atoms with E-state index in [1.807, 2.05) is 0 Å². The zero-order valence-electron chi connectivity index (χ0n) is 58.6. The van der Waals surface area contributed by atoms with Crippen molar-refractivity contribution >= 4 is 39.5 Å². The normalized spacial score (nSPS) is 14.8. The van der Waals surface area contributed by atoms with Crippen LogP contribution in [0.4, 0.5) is 0 Å². The SMILES string of the molecule is CCCCCCCCCCCCCCCCCCC(=O)O[C@H](COC(=O)CCCCCCCCCCCCCC(C)C)COP(=O)(O)OC[C@@H](O)COP(=O)(O)OC[C@@H](COC(=O)CCCCCCCCC(C)CC)OC(=O)CCCCCCCCC(C)CC. The molecular formula is C71H138O17P2. The highest BCUT2D eigenvalue weighted by atomic mass is 31.2. The van der Waals surface area contributed by atoms with Crippen LogP contribution in [0.15, 0.2) is 0 Å². The summed E-state index contributed by atoms with van der Waals surface area (Å²) in [5.74, 6) is 0.0942. The molecule has 0 aromatic heterocycles. The molecule has 0 spiro atoms. The maximum absolute atomic E-state index is 13.0. The lowest BCUT2D eigenvalue weighted by molar-refractivity contribution is -0.161. The number of rotatable bonds is 69. The quantitative estimate of drug-likeness (QED) is 0.0222. The molecule has 19 heteroatoms. The molecule has 90 heavy (non-hydrogen) atoms. The van der Waals surface area contributed by atoms with Gasteiger partial charge in [-0.05, 0) is 43.4 Å². The Morgan fingerprint density at radius 1 is 0.322 bits per heavy atom. The number of carbonyl (C=O) groups is 4. The van der Waals surface area contributed by atoms with Crippen LogP contribution in [0.25, 0.3) is 0 Å². The number of phosphoric ester groups is 2. The molecule has 0 aliphatic heterocycles. The van der Waals surface area contributed by atoms with Crippen molar-refractivity contribution in [1.82, 2.24) is 0 Å². The van der Waals surface area contributed by atoms with Crippen molar-refractivity contribution in [2.24, 2.45) is 17.8 Å². The molecule has 0 saturated carbocycles. The van der Waals surface area contributed by atoms with E-state index in [9.17, 15) is 43.2 Å². The maximum atomic E-state index is 13.0. The number of ether oxygens (including phenoxy) is 4. The second-order valence-corrected chi connectivity index (χ2v) is 29.5. The Kier molecular flexibility index (Phi) is 60.6. The van der Waals surface area contributed by atoms with Crippen molar-refractivity contribution in [3.63, 3.8) is 0 Å². The zero-order valence-corrected chi connectivity index (χ0v) is 60.4. The summed E-state index contributed by atoms with van der Waals surface area (Å²) in [6, 6.07) is 0. The standard InChI is InChI=1S/C71H138O17P2/c1-8-11-12-13-14-15-16-17-18-19-20-23-27-30-40-47-54-70(75)87-66(58-81-68(73)52-45-38-29-26-24-21-22-25-28-35-42-49-62(4)5)60-85-89(77,78)83-56-65(72)57-84-90(79,80)86-61-67(88-71(76)55-48-41-34-32-37-44-51-64(7)10-3)59-82-69(74)53-46-39-33-31-36-43-50-63(6)9-2/h62-67,72H,8-61H2,1-7H3,(H,77,78)(H,79,80)/t63?,64?,65-,66-,67-/m1/s1. The largest absolute Gasteiger partial charge is 0.472 e. The van der Waals surface area contributed by atoms with Gasteiger partial charge >= 0.3 is 39.5 Å². The van der Waals surface area contributed by atoms with E-state index in [1.165, 1.54) is 161 Å². The van der Waals surface area contributed by atoms with Crippen molar-refractivity contribution in [3.8, 4) is 0 Å². The van der Waals surface area contributed by atoms with Crippen LogP contribution < -0.4 is 0 Å². The van der Waals surface area contributed by atoms with Gasteiger partial charge in [-0.3, -0.25) is 37.3 Å². The minimum atomic E-state index is -4.95. The van der Waals surface area contributed by atoms with Crippen LogP contribution >= 0.6 is 15.6 Å². The Morgan fingerprint density at radius 2 is 0.567 bits per heavy atom. The van der Waals surface area contributed by atoms with Gasteiger partial charge in [-0.25, -0.2) is 9.13 Å². The first-order valence-electron chi connectivity index (χ1n) is 36.9. The van der Waals surface area contributed by atoms with Crippen molar-refractivity contribution in [2.45, 2.75) is 375 Å². The predicted molar refractivity (Wildman–Crippen MR) is 363 cm³/mol.